The summed E-state index contributed by atoms with van der Waals surface area (Å²) in [5.74, 6) is 0. The van der Waals surface area contributed by atoms with Crippen LogP contribution in [0.15, 0.2) is 18.2 Å². The number of urea groups is 1. The van der Waals surface area contributed by atoms with E-state index in [2.05, 4.69) is 35.8 Å². The number of benzene rings is 1. The van der Waals surface area contributed by atoms with Gasteiger partial charge in [-0.1, -0.05) is 18.2 Å². The van der Waals surface area contributed by atoms with Gasteiger partial charge >= 0.3 is 6.03 Å². The summed E-state index contributed by atoms with van der Waals surface area (Å²) in [5, 5.41) is 6.33. The molecule has 0 heterocycles. The van der Waals surface area contributed by atoms with E-state index in [0.29, 0.717) is 12.6 Å². The van der Waals surface area contributed by atoms with Crippen molar-refractivity contribution in [1.29, 1.82) is 0 Å². The molecule has 1 aliphatic carbocycles. The molecule has 0 aliphatic heterocycles. The topological polar surface area (TPSA) is 44.4 Å². The van der Waals surface area contributed by atoms with Gasteiger partial charge in [-0.25, -0.2) is 4.79 Å². The minimum Gasteiger partial charge on any atom is -0.337 e. The minimum atomic E-state index is -0.0433. The smallest absolute Gasteiger partial charge is 0.316 e. The number of hydrogen-bond acceptors (Lipinski definition) is 2. The first kappa shape index (κ1) is 15.8. The maximum Gasteiger partial charge on any atom is 0.316 e. The van der Waals surface area contributed by atoms with E-state index in [4.69, 9.17) is 0 Å². The summed E-state index contributed by atoms with van der Waals surface area (Å²) in [6.07, 6.45) is 5.09. The van der Waals surface area contributed by atoms with E-state index < -0.39 is 0 Å². The van der Waals surface area contributed by atoms with Gasteiger partial charge in [-0.05, 0) is 49.3 Å². The highest BCUT2D eigenvalue weighted by molar-refractivity contribution is 5.73. The Morgan fingerprint density at radius 2 is 1.90 bits per heavy atom. The van der Waals surface area contributed by atoms with Gasteiger partial charge in [-0.3, -0.25) is 0 Å². The zero-order chi connectivity index (χ0) is 15.2. The monoisotopic (exact) mass is 289 g/mol. The summed E-state index contributed by atoms with van der Waals surface area (Å²) >= 11 is 0. The third-order valence-corrected chi connectivity index (χ3v) is 4.13. The zero-order valence-electron chi connectivity index (χ0n) is 13.4. The second-order valence-electron chi connectivity index (χ2n) is 6.04. The second kappa shape index (κ2) is 7.46. The Kier molecular flexibility index (Phi) is 5.62. The van der Waals surface area contributed by atoms with Gasteiger partial charge < -0.3 is 15.5 Å². The van der Waals surface area contributed by atoms with Gasteiger partial charge in [0.05, 0.1) is 0 Å². The van der Waals surface area contributed by atoms with E-state index in [1.807, 2.05) is 0 Å². The van der Waals surface area contributed by atoms with Gasteiger partial charge in [-0.2, -0.15) is 0 Å². The molecule has 2 N–H and O–H groups in total. The summed E-state index contributed by atoms with van der Waals surface area (Å²) in [5.41, 5.74) is 4.39. The Hall–Kier alpha value is -1.55. The number of carbonyl (C=O) groups is 1. The lowest BCUT2D eigenvalue weighted by atomic mass is 9.89. The van der Waals surface area contributed by atoms with Gasteiger partial charge in [0, 0.05) is 33.2 Å². The van der Waals surface area contributed by atoms with Gasteiger partial charge in [0.15, 0.2) is 0 Å². The molecule has 4 heteroatoms. The standard InChI is InChI=1S/C17H27N3O/c1-13(18-10-11-19-17(21)20(2)3)15-9-8-14-6-4-5-7-16(14)12-15/h8-9,12-13,18H,4-7,10-11H2,1-3H3,(H,19,21). The summed E-state index contributed by atoms with van der Waals surface area (Å²) in [6.45, 7) is 3.60. The molecule has 0 saturated heterocycles. The van der Waals surface area contributed by atoms with E-state index >= 15 is 0 Å². The molecule has 1 aromatic carbocycles. The Balaban J connectivity index is 1.80. The molecule has 1 aliphatic rings. The van der Waals surface area contributed by atoms with Crippen molar-refractivity contribution in [3.05, 3.63) is 34.9 Å². The van der Waals surface area contributed by atoms with E-state index in [-0.39, 0.29) is 6.03 Å². The van der Waals surface area contributed by atoms with Crippen molar-refractivity contribution in [2.45, 2.75) is 38.6 Å². The number of hydrogen-bond donors (Lipinski definition) is 2. The van der Waals surface area contributed by atoms with E-state index in [1.165, 1.54) is 42.4 Å². The highest BCUT2D eigenvalue weighted by atomic mass is 16.2. The molecule has 21 heavy (non-hydrogen) atoms. The van der Waals surface area contributed by atoms with Crippen molar-refractivity contribution in [3.63, 3.8) is 0 Å². The summed E-state index contributed by atoms with van der Waals surface area (Å²) in [7, 11) is 3.50. The number of aryl methyl sites for hydroxylation is 2. The molecule has 2 rings (SSSR count). The summed E-state index contributed by atoms with van der Waals surface area (Å²) in [6, 6.07) is 7.15. The molecule has 1 atom stereocenters. The van der Waals surface area contributed by atoms with Crippen LogP contribution in [-0.4, -0.2) is 38.1 Å². The molecular formula is C17H27N3O. The van der Waals surface area contributed by atoms with Crippen LogP contribution in [0, 0.1) is 0 Å². The molecule has 2 amide bonds. The molecule has 0 saturated carbocycles. The molecule has 0 radical (unpaired) electrons. The van der Waals surface area contributed by atoms with Gasteiger partial charge in [-0.15, -0.1) is 0 Å². The molecule has 1 unspecified atom stereocenters. The first-order valence-electron chi connectivity index (χ1n) is 7.88. The molecule has 1 aromatic rings. The van der Waals surface area contributed by atoms with Crippen molar-refractivity contribution in [2.24, 2.45) is 0 Å². The van der Waals surface area contributed by atoms with Crippen molar-refractivity contribution in [3.8, 4) is 0 Å². The second-order valence-corrected chi connectivity index (χ2v) is 6.04. The van der Waals surface area contributed by atoms with Crippen LogP contribution >= 0.6 is 0 Å². The zero-order valence-corrected chi connectivity index (χ0v) is 13.4. The Labute approximate surface area is 127 Å². The van der Waals surface area contributed by atoms with Crippen LogP contribution < -0.4 is 10.6 Å². The van der Waals surface area contributed by atoms with Crippen LogP contribution in [-0.2, 0) is 12.8 Å². The normalized spacial score (nSPS) is 15.2. The van der Waals surface area contributed by atoms with Gasteiger partial charge in [0.25, 0.3) is 0 Å². The fourth-order valence-electron chi connectivity index (χ4n) is 2.76. The average molecular weight is 289 g/mol. The van der Waals surface area contributed by atoms with Crippen molar-refractivity contribution in [2.75, 3.05) is 27.2 Å². The number of fused-ring (bicyclic) bond motifs is 1. The lowest BCUT2D eigenvalue weighted by molar-refractivity contribution is 0.217. The first-order chi connectivity index (χ1) is 10.1. The third kappa shape index (κ3) is 4.46. The average Bonchev–Trinajstić information content (AvgIpc) is 2.50. The van der Waals surface area contributed by atoms with Crippen molar-refractivity contribution in [1.82, 2.24) is 15.5 Å². The van der Waals surface area contributed by atoms with Gasteiger partial charge in [0.1, 0.15) is 0 Å². The number of amides is 2. The largest absolute Gasteiger partial charge is 0.337 e. The molecule has 116 valence electrons. The van der Waals surface area contributed by atoms with Crippen LogP contribution in [0.25, 0.3) is 0 Å². The number of nitrogens with one attached hydrogen (secondary N) is 2. The van der Waals surface area contributed by atoms with Crippen molar-refractivity contribution >= 4 is 6.03 Å². The highest BCUT2D eigenvalue weighted by Crippen LogP contribution is 2.24. The number of rotatable bonds is 5. The fraction of sp³-hybridized carbons (Fsp3) is 0.588. The molecular weight excluding hydrogens is 262 g/mol. The van der Waals surface area contributed by atoms with Crippen LogP contribution in [0.1, 0.15) is 42.5 Å². The van der Waals surface area contributed by atoms with E-state index in [9.17, 15) is 4.79 Å². The Bertz CT molecular complexity index is 485. The van der Waals surface area contributed by atoms with Crippen LogP contribution in [0.4, 0.5) is 4.79 Å². The quantitative estimate of drug-likeness (QED) is 0.818. The molecule has 0 spiro atoms. The fourth-order valence-corrected chi connectivity index (χ4v) is 2.76. The molecule has 4 nitrogen and oxygen atoms in total. The maximum absolute atomic E-state index is 11.4. The number of nitrogens with zero attached hydrogens (tertiary/aromatic N) is 1. The van der Waals surface area contributed by atoms with Crippen molar-refractivity contribution < 1.29 is 4.79 Å². The SMILES string of the molecule is CC(NCCNC(=O)N(C)C)c1ccc2c(c1)CCCC2. The molecule has 0 bridgehead atoms. The molecule has 0 aromatic heterocycles. The lowest BCUT2D eigenvalue weighted by Crippen LogP contribution is -2.38. The Morgan fingerprint density at radius 3 is 2.62 bits per heavy atom. The van der Waals surface area contributed by atoms with Crippen LogP contribution in [0.3, 0.4) is 0 Å². The summed E-state index contributed by atoms with van der Waals surface area (Å²) < 4.78 is 0. The maximum atomic E-state index is 11.4. The number of carbonyl (C=O) groups excluding carboxylic acids is 1. The van der Waals surface area contributed by atoms with Crippen LogP contribution in [0.2, 0.25) is 0 Å². The first-order valence-corrected chi connectivity index (χ1v) is 7.88. The third-order valence-electron chi connectivity index (χ3n) is 4.13. The lowest BCUT2D eigenvalue weighted by Gasteiger charge is -2.20. The summed E-state index contributed by atoms with van der Waals surface area (Å²) in [4.78, 5) is 13.0. The van der Waals surface area contributed by atoms with Crippen LogP contribution in [0.5, 0.6) is 0 Å². The van der Waals surface area contributed by atoms with E-state index in [1.54, 1.807) is 19.0 Å². The predicted octanol–water partition coefficient (Wildman–Crippen LogP) is 2.49. The Morgan fingerprint density at radius 1 is 1.19 bits per heavy atom. The highest BCUT2D eigenvalue weighted by Gasteiger charge is 2.12. The molecule has 0 fully saturated rings. The van der Waals surface area contributed by atoms with Gasteiger partial charge in [0.2, 0.25) is 0 Å². The van der Waals surface area contributed by atoms with E-state index in [0.717, 1.165) is 6.54 Å². The minimum absolute atomic E-state index is 0.0433. The predicted molar refractivity (Wildman–Crippen MR) is 86.6 cm³/mol.